The molecule has 0 fully saturated rings. The standard InChI is InChI=1S/C14H14N2O2S2/c1-3-18-14(17)11-8(2)16-13(19)10(6-15)12(11)9-4-5-20-7-9/h4-5,7,12,15H,3H2,1-2H3,(H,16,19). The number of esters is 1. The molecule has 6 heteroatoms. The van der Waals surface area contributed by atoms with Gasteiger partial charge in [-0.2, -0.15) is 11.3 Å². The highest BCUT2D eigenvalue weighted by atomic mass is 32.1. The number of allylic oxidation sites excluding steroid dienone is 1. The number of carbonyl (C=O) groups excluding carboxylic acids is 1. The molecule has 2 rings (SSSR count). The van der Waals surface area contributed by atoms with Crippen molar-refractivity contribution in [2.75, 3.05) is 6.61 Å². The molecule has 1 atom stereocenters. The van der Waals surface area contributed by atoms with Crippen LogP contribution in [0.1, 0.15) is 25.3 Å². The van der Waals surface area contributed by atoms with Gasteiger partial charge in [-0.25, -0.2) is 4.79 Å². The molecule has 1 aliphatic rings. The summed E-state index contributed by atoms with van der Waals surface area (Å²) in [6.45, 7) is 3.86. The van der Waals surface area contributed by atoms with Crippen LogP contribution in [0.2, 0.25) is 0 Å². The molecule has 20 heavy (non-hydrogen) atoms. The maximum atomic E-state index is 12.2. The van der Waals surface area contributed by atoms with Gasteiger partial charge in [0.2, 0.25) is 0 Å². The van der Waals surface area contributed by atoms with E-state index in [1.807, 2.05) is 16.8 Å². The molecule has 4 nitrogen and oxygen atoms in total. The van der Waals surface area contributed by atoms with Crippen molar-refractivity contribution >= 4 is 40.4 Å². The quantitative estimate of drug-likeness (QED) is 0.390. The molecular weight excluding hydrogens is 292 g/mol. The highest BCUT2D eigenvalue weighted by Crippen LogP contribution is 2.37. The maximum absolute atomic E-state index is 12.2. The smallest absolute Gasteiger partial charge is 0.336 e. The Bertz CT molecular complexity index is 626. The third-order valence-corrected chi connectivity index (χ3v) is 4.06. The van der Waals surface area contributed by atoms with Crippen molar-refractivity contribution in [3.63, 3.8) is 0 Å². The maximum Gasteiger partial charge on any atom is 0.336 e. The minimum Gasteiger partial charge on any atom is -0.463 e. The summed E-state index contributed by atoms with van der Waals surface area (Å²) in [5.41, 5.74) is 2.58. The van der Waals surface area contributed by atoms with Crippen molar-refractivity contribution in [1.82, 2.24) is 5.32 Å². The number of thiophene rings is 1. The Balaban J connectivity index is 2.59. The largest absolute Gasteiger partial charge is 0.463 e. The lowest BCUT2D eigenvalue weighted by atomic mass is 9.83. The minimum absolute atomic E-state index is 0.306. The van der Waals surface area contributed by atoms with Crippen LogP contribution in [-0.2, 0) is 9.53 Å². The first-order valence-electron chi connectivity index (χ1n) is 6.11. The molecule has 2 heterocycles. The fourth-order valence-electron chi connectivity index (χ4n) is 2.18. The number of hydrogen-bond donors (Lipinski definition) is 2. The summed E-state index contributed by atoms with van der Waals surface area (Å²) in [7, 11) is 0. The van der Waals surface area contributed by atoms with Crippen molar-refractivity contribution in [2.45, 2.75) is 19.8 Å². The Labute approximate surface area is 126 Å². The first kappa shape index (κ1) is 14.7. The van der Waals surface area contributed by atoms with Crippen LogP contribution in [0.15, 0.2) is 33.7 Å². The summed E-state index contributed by atoms with van der Waals surface area (Å²) in [6, 6.07) is 1.92. The molecule has 0 bridgehead atoms. The second kappa shape index (κ2) is 6.13. The van der Waals surface area contributed by atoms with Crippen LogP contribution in [-0.4, -0.2) is 23.4 Å². The van der Waals surface area contributed by atoms with E-state index < -0.39 is 0 Å². The molecule has 0 saturated heterocycles. The van der Waals surface area contributed by atoms with Crippen molar-refractivity contribution < 1.29 is 9.53 Å². The molecule has 0 aromatic carbocycles. The van der Waals surface area contributed by atoms with Gasteiger partial charge in [-0.1, -0.05) is 12.2 Å². The molecule has 2 N–H and O–H groups in total. The summed E-state index contributed by atoms with van der Waals surface area (Å²) in [6.07, 6.45) is 0. The van der Waals surface area contributed by atoms with Crippen molar-refractivity contribution in [3.8, 4) is 0 Å². The fourth-order valence-corrected chi connectivity index (χ4v) is 3.19. The van der Waals surface area contributed by atoms with E-state index >= 15 is 0 Å². The minimum atomic E-state index is -0.385. The number of thiocarbonyl (C=S) groups is 1. The molecule has 1 aromatic rings. The highest BCUT2D eigenvalue weighted by molar-refractivity contribution is 7.80. The van der Waals surface area contributed by atoms with E-state index in [1.54, 1.807) is 13.8 Å². The van der Waals surface area contributed by atoms with Crippen molar-refractivity contribution in [3.05, 3.63) is 39.2 Å². The summed E-state index contributed by atoms with van der Waals surface area (Å²) in [5.74, 6) is 1.60. The second-order valence-corrected chi connectivity index (χ2v) is 5.43. The van der Waals surface area contributed by atoms with Gasteiger partial charge in [-0.3, -0.25) is 5.41 Å². The van der Waals surface area contributed by atoms with Gasteiger partial charge in [-0.05, 0) is 42.1 Å². The molecule has 0 radical (unpaired) electrons. The molecule has 0 saturated carbocycles. The van der Waals surface area contributed by atoms with Gasteiger partial charge in [-0.15, -0.1) is 0 Å². The predicted octanol–water partition coefficient (Wildman–Crippen LogP) is 2.77. The molecule has 1 aromatic heterocycles. The molecule has 0 aliphatic carbocycles. The Hall–Kier alpha value is -1.75. The number of hydrogen-bond acceptors (Lipinski definition) is 5. The van der Waals surface area contributed by atoms with E-state index in [9.17, 15) is 4.79 Å². The molecular formula is C14H14N2O2S2. The van der Waals surface area contributed by atoms with Crippen LogP contribution >= 0.6 is 23.6 Å². The van der Waals surface area contributed by atoms with E-state index in [0.717, 1.165) is 5.56 Å². The molecule has 0 spiro atoms. The normalized spacial score (nSPS) is 18.6. The van der Waals surface area contributed by atoms with Gasteiger partial charge in [0.05, 0.1) is 23.7 Å². The summed E-state index contributed by atoms with van der Waals surface area (Å²) < 4.78 is 5.13. The van der Waals surface area contributed by atoms with Crippen LogP contribution in [0, 0.1) is 5.41 Å². The Morgan fingerprint density at radius 2 is 2.40 bits per heavy atom. The van der Waals surface area contributed by atoms with Gasteiger partial charge in [0.25, 0.3) is 0 Å². The summed E-state index contributed by atoms with van der Waals surface area (Å²) in [5, 5.41) is 14.3. The number of carbonyl (C=O) groups is 1. The van der Waals surface area contributed by atoms with Crippen LogP contribution in [0.5, 0.6) is 0 Å². The SMILES string of the molecule is CCOC(=O)C1=C(C)NC(=S)C(=C=N)C1c1ccsc1. The van der Waals surface area contributed by atoms with Gasteiger partial charge in [0, 0.05) is 5.70 Å². The lowest BCUT2D eigenvalue weighted by Crippen LogP contribution is -2.35. The second-order valence-electron chi connectivity index (χ2n) is 4.24. The zero-order valence-electron chi connectivity index (χ0n) is 11.1. The third-order valence-electron chi connectivity index (χ3n) is 3.03. The Morgan fingerprint density at radius 3 is 2.95 bits per heavy atom. The number of ether oxygens (including phenoxy) is 1. The molecule has 104 valence electrons. The van der Waals surface area contributed by atoms with E-state index in [-0.39, 0.29) is 11.9 Å². The highest BCUT2D eigenvalue weighted by Gasteiger charge is 2.35. The summed E-state index contributed by atoms with van der Waals surface area (Å²) >= 11 is 6.78. The lowest BCUT2D eigenvalue weighted by Gasteiger charge is -2.28. The summed E-state index contributed by atoms with van der Waals surface area (Å²) in [4.78, 5) is 12.7. The van der Waals surface area contributed by atoms with Crippen LogP contribution < -0.4 is 5.32 Å². The van der Waals surface area contributed by atoms with Gasteiger partial charge in [0.1, 0.15) is 4.99 Å². The topological polar surface area (TPSA) is 62.2 Å². The first-order chi connectivity index (χ1) is 9.60. The predicted molar refractivity (Wildman–Crippen MR) is 83.4 cm³/mol. The van der Waals surface area contributed by atoms with Gasteiger partial charge < -0.3 is 10.1 Å². The molecule has 1 unspecified atom stereocenters. The zero-order chi connectivity index (χ0) is 14.7. The average Bonchev–Trinajstić information content (AvgIpc) is 2.91. The van der Waals surface area contributed by atoms with Crippen LogP contribution in [0.3, 0.4) is 0 Å². The lowest BCUT2D eigenvalue weighted by molar-refractivity contribution is -0.138. The number of nitrogens with one attached hydrogen (secondary N) is 2. The van der Waals surface area contributed by atoms with Gasteiger partial charge >= 0.3 is 5.97 Å². The average molecular weight is 306 g/mol. The zero-order valence-corrected chi connectivity index (χ0v) is 12.8. The third kappa shape index (κ3) is 2.58. The van der Waals surface area contributed by atoms with E-state index in [0.29, 0.717) is 28.4 Å². The first-order valence-corrected chi connectivity index (χ1v) is 7.46. The fraction of sp³-hybridized carbons (Fsp3) is 0.286. The van der Waals surface area contributed by atoms with Crippen molar-refractivity contribution in [1.29, 1.82) is 5.41 Å². The molecule has 1 aliphatic heterocycles. The molecule has 0 amide bonds. The van der Waals surface area contributed by atoms with Crippen LogP contribution in [0.25, 0.3) is 0 Å². The monoisotopic (exact) mass is 306 g/mol. The van der Waals surface area contributed by atoms with E-state index in [1.165, 1.54) is 11.3 Å². The Morgan fingerprint density at radius 1 is 1.65 bits per heavy atom. The van der Waals surface area contributed by atoms with Crippen molar-refractivity contribution in [2.24, 2.45) is 0 Å². The van der Waals surface area contributed by atoms with Crippen LogP contribution in [0.4, 0.5) is 0 Å². The van der Waals surface area contributed by atoms with Gasteiger partial charge in [0.15, 0.2) is 0 Å². The Kier molecular flexibility index (Phi) is 4.49. The van der Waals surface area contributed by atoms with E-state index in [2.05, 4.69) is 11.2 Å². The number of rotatable bonds is 3. The van der Waals surface area contributed by atoms with E-state index in [4.69, 9.17) is 22.4 Å².